The maximum Gasteiger partial charge on any atom is 0.320 e. The molecule has 1 aromatic carbocycles. The van der Waals surface area contributed by atoms with Crippen LogP contribution in [0, 0.1) is 0 Å². The zero-order valence-electron chi connectivity index (χ0n) is 13.4. The number of nitrogens with zero attached hydrogens (tertiary/aromatic N) is 3. The molecule has 1 aromatic rings. The summed E-state index contributed by atoms with van der Waals surface area (Å²) in [5.41, 5.74) is 0.405. The zero-order valence-corrected chi connectivity index (χ0v) is 14.9. The second-order valence-electron chi connectivity index (χ2n) is 5.36. The van der Waals surface area contributed by atoms with Gasteiger partial charge in [0.15, 0.2) is 0 Å². The van der Waals surface area contributed by atoms with Crippen LogP contribution in [0.2, 0.25) is 10.0 Å². The summed E-state index contributed by atoms with van der Waals surface area (Å²) < 4.78 is 0. The molecule has 126 valence electrons. The zero-order chi connectivity index (χ0) is 17.0. The first-order valence-electron chi connectivity index (χ1n) is 7.76. The van der Waals surface area contributed by atoms with Gasteiger partial charge in [0, 0.05) is 44.3 Å². The minimum Gasteiger partial charge on any atom is -0.335 e. The van der Waals surface area contributed by atoms with E-state index in [-0.39, 0.29) is 11.9 Å². The highest BCUT2D eigenvalue weighted by atomic mass is 35.5. The highest BCUT2D eigenvalue weighted by Crippen LogP contribution is 2.22. The maximum absolute atomic E-state index is 12.6. The molecule has 0 N–H and O–H groups in total. The van der Waals surface area contributed by atoms with Gasteiger partial charge in [-0.2, -0.15) is 0 Å². The van der Waals surface area contributed by atoms with Gasteiger partial charge in [0.05, 0.1) is 10.6 Å². The summed E-state index contributed by atoms with van der Waals surface area (Å²) in [5, 5.41) is 0.870. The van der Waals surface area contributed by atoms with E-state index in [4.69, 9.17) is 23.2 Å². The van der Waals surface area contributed by atoms with Crippen LogP contribution in [-0.2, 0) is 0 Å². The van der Waals surface area contributed by atoms with E-state index in [1.165, 1.54) is 0 Å². The van der Waals surface area contributed by atoms with Crippen molar-refractivity contribution in [2.45, 2.75) is 13.8 Å². The average Bonchev–Trinajstić information content (AvgIpc) is 2.57. The Morgan fingerprint density at radius 1 is 1.04 bits per heavy atom. The molecule has 1 saturated heterocycles. The molecule has 0 unspecified atom stereocenters. The molecule has 1 aliphatic heterocycles. The molecule has 5 nitrogen and oxygen atoms in total. The van der Waals surface area contributed by atoms with Crippen molar-refractivity contribution in [2.75, 3.05) is 39.3 Å². The number of benzene rings is 1. The van der Waals surface area contributed by atoms with Crippen LogP contribution in [-0.4, -0.2) is 65.9 Å². The molecular weight excluding hydrogens is 337 g/mol. The van der Waals surface area contributed by atoms with E-state index >= 15 is 0 Å². The predicted octanol–water partition coefficient (Wildman–Crippen LogP) is 3.21. The van der Waals surface area contributed by atoms with Crippen molar-refractivity contribution in [2.24, 2.45) is 0 Å². The highest BCUT2D eigenvalue weighted by Gasteiger charge is 2.27. The third-order valence-electron chi connectivity index (χ3n) is 4.03. The molecule has 0 radical (unpaired) electrons. The first-order chi connectivity index (χ1) is 11.0. The highest BCUT2D eigenvalue weighted by molar-refractivity contribution is 6.35. The molecule has 0 aromatic heterocycles. The van der Waals surface area contributed by atoms with Crippen LogP contribution < -0.4 is 0 Å². The van der Waals surface area contributed by atoms with Crippen molar-refractivity contribution in [3.8, 4) is 0 Å². The minimum absolute atomic E-state index is 0.0305. The summed E-state index contributed by atoms with van der Waals surface area (Å²) in [6.45, 7) is 7.34. The van der Waals surface area contributed by atoms with E-state index in [9.17, 15) is 9.59 Å². The number of amides is 3. The number of rotatable bonds is 3. The molecule has 1 heterocycles. The van der Waals surface area contributed by atoms with Crippen molar-refractivity contribution < 1.29 is 9.59 Å². The lowest BCUT2D eigenvalue weighted by Gasteiger charge is -2.37. The fraction of sp³-hybridized carbons (Fsp3) is 0.500. The van der Waals surface area contributed by atoms with E-state index in [2.05, 4.69) is 0 Å². The van der Waals surface area contributed by atoms with Crippen molar-refractivity contribution in [1.82, 2.24) is 14.7 Å². The Hall–Kier alpha value is -1.46. The largest absolute Gasteiger partial charge is 0.335 e. The molecule has 0 saturated carbocycles. The molecule has 1 aliphatic rings. The number of carbonyl (C=O) groups excluding carboxylic acids is 2. The SMILES string of the molecule is CCN(CC)C(=O)N1CCN(C(=O)c2cc(Cl)ccc2Cl)CC1. The second kappa shape index (κ2) is 7.88. The van der Waals surface area contributed by atoms with Gasteiger partial charge in [0.25, 0.3) is 5.91 Å². The third kappa shape index (κ3) is 4.09. The van der Waals surface area contributed by atoms with Crippen LogP contribution >= 0.6 is 23.2 Å². The van der Waals surface area contributed by atoms with Crippen LogP contribution in [0.15, 0.2) is 18.2 Å². The van der Waals surface area contributed by atoms with Crippen LogP contribution in [0.3, 0.4) is 0 Å². The molecule has 2 rings (SSSR count). The number of halogens is 2. The van der Waals surface area contributed by atoms with Crippen molar-refractivity contribution in [3.63, 3.8) is 0 Å². The quantitative estimate of drug-likeness (QED) is 0.833. The van der Waals surface area contributed by atoms with E-state index in [1.807, 2.05) is 13.8 Å². The van der Waals surface area contributed by atoms with Crippen molar-refractivity contribution in [3.05, 3.63) is 33.8 Å². The molecule has 1 fully saturated rings. The summed E-state index contributed by atoms with van der Waals surface area (Å²) in [6.07, 6.45) is 0. The van der Waals surface area contributed by atoms with Gasteiger partial charge in [0.1, 0.15) is 0 Å². The Morgan fingerprint density at radius 2 is 1.61 bits per heavy atom. The predicted molar refractivity (Wildman–Crippen MR) is 92.3 cm³/mol. The van der Waals surface area contributed by atoms with Crippen molar-refractivity contribution >= 4 is 35.1 Å². The molecule has 0 bridgehead atoms. The Labute approximate surface area is 146 Å². The maximum atomic E-state index is 12.6. The summed E-state index contributed by atoms with van der Waals surface area (Å²) in [6, 6.07) is 4.89. The van der Waals surface area contributed by atoms with Gasteiger partial charge in [-0.25, -0.2) is 4.79 Å². The lowest BCUT2D eigenvalue weighted by Crippen LogP contribution is -2.54. The van der Waals surface area contributed by atoms with Gasteiger partial charge in [-0.05, 0) is 32.0 Å². The minimum atomic E-state index is -0.146. The number of carbonyl (C=O) groups is 2. The number of urea groups is 1. The van der Waals surface area contributed by atoms with Gasteiger partial charge in [-0.15, -0.1) is 0 Å². The first kappa shape index (κ1) is 17.9. The monoisotopic (exact) mass is 357 g/mol. The van der Waals surface area contributed by atoms with E-state index in [1.54, 1.807) is 32.9 Å². The summed E-state index contributed by atoms with van der Waals surface area (Å²) in [7, 11) is 0. The van der Waals surface area contributed by atoms with Crippen LogP contribution in [0.5, 0.6) is 0 Å². The van der Waals surface area contributed by atoms with E-state index in [0.717, 1.165) is 0 Å². The first-order valence-corrected chi connectivity index (χ1v) is 8.51. The lowest BCUT2D eigenvalue weighted by atomic mass is 10.2. The van der Waals surface area contributed by atoms with Crippen LogP contribution in [0.4, 0.5) is 4.79 Å². The normalized spacial score (nSPS) is 14.8. The average molecular weight is 358 g/mol. The molecular formula is C16H21Cl2N3O2. The summed E-state index contributed by atoms with van der Waals surface area (Å²) in [5.74, 6) is -0.146. The molecule has 0 atom stereocenters. The molecule has 23 heavy (non-hydrogen) atoms. The van der Waals surface area contributed by atoms with Gasteiger partial charge in [-0.3, -0.25) is 4.79 Å². The van der Waals surface area contributed by atoms with Gasteiger partial charge in [-0.1, -0.05) is 23.2 Å². The Kier molecular flexibility index (Phi) is 6.13. The number of hydrogen-bond donors (Lipinski definition) is 0. The van der Waals surface area contributed by atoms with Gasteiger partial charge < -0.3 is 14.7 Å². The van der Waals surface area contributed by atoms with Crippen LogP contribution in [0.25, 0.3) is 0 Å². The summed E-state index contributed by atoms with van der Waals surface area (Å²) in [4.78, 5) is 30.2. The lowest BCUT2D eigenvalue weighted by molar-refractivity contribution is 0.0641. The third-order valence-corrected chi connectivity index (χ3v) is 4.59. The van der Waals surface area contributed by atoms with Gasteiger partial charge in [0.2, 0.25) is 0 Å². The Balaban J connectivity index is 2.00. The Morgan fingerprint density at radius 3 is 2.17 bits per heavy atom. The van der Waals surface area contributed by atoms with Crippen LogP contribution in [0.1, 0.15) is 24.2 Å². The summed E-state index contributed by atoms with van der Waals surface area (Å²) >= 11 is 12.0. The molecule has 0 aliphatic carbocycles. The molecule has 3 amide bonds. The van der Waals surface area contributed by atoms with Gasteiger partial charge >= 0.3 is 6.03 Å². The second-order valence-corrected chi connectivity index (χ2v) is 6.20. The topological polar surface area (TPSA) is 43.9 Å². The fourth-order valence-electron chi connectivity index (χ4n) is 2.63. The number of hydrogen-bond acceptors (Lipinski definition) is 2. The van der Waals surface area contributed by atoms with E-state index in [0.29, 0.717) is 54.9 Å². The Bertz CT molecular complexity index is 583. The number of piperazine rings is 1. The standard InChI is InChI=1S/C16H21Cl2N3O2/c1-3-19(4-2)16(23)21-9-7-20(8-10-21)15(22)13-11-12(17)5-6-14(13)18/h5-6,11H,3-4,7-10H2,1-2H3. The van der Waals surface area contributed by atoms with Crippen molar-refractivity contribution in [1.29, 1.82) is 0 Å². The van der Waals surface area contributed by atoms with E-state index < -0.39 is 0 Å². The molecule has 0 spiro atoms. The smallest absolute Gasteiger partial charge is 0.320 e. The fourth-order valence-corrected chi connectivity index (χ4v) is 3.00. The molecule has 7 heteroatoms.